The number of rotatable bonds is 4. The second-order valence-electron chi connectivity index (χ2n) is 4.55. The fourth-order valence-corrected chi connectivity index (χ4v) is 3.16. The van der Waals surface area contributed by atoms with E-state index in [0.29, 0.717) is 18.9 Å². The Morgan fingerprint density at radius 3 is 3.10 bits per heavy atom. The van der Waals surface area contributed by atoms with Gasteiger partial charge in [0.25, 0.3) is 5.56 Å². The Balaban J connectivity index is 2.08. The maximum Gasteiger partial charge on any atom is 0.313 e. The van der Waals surface area contributed by atoms with Crippen molar-refractivity contribution in [3.8, 4) is 5.75 Å². The van der Waals surface area contributed by atoms with Crippen LogP contribution in [0, 0.1) is 0 Å². The maximum absolute atomic E-state index is 12.2. The van der Waals surface area contributed by atoms with Gasteiger partial charge in [-0.15, -0.1) is 11.8 Å². The molecule has 5 nitrogen and oxygen atoms in total. The highest BCUT2D eigenvalue weighted by Gasteiger charge is 2.17. The van der Waals surface area contributed by atoms with Gasteiger partial charge >= 0.3 is 5.97 Å². The molecule has 1 N–H and O–H groups in total. The number of carboxylic acid groups (broad SMARTS) is 1. The molecular weight excluding hydrogens is 278 g/mol. The minimum absolute atomic E-state index is 0.0285. The van der Waals surface area contributed by atoms with E-state index in [1.54, 1.807) is 10.6 Å². The Labute approximate surface area is 119 Å². The van der Waals surface area contributed by atoms with Gasteiger partial charge in [-0.05, 0) is 11.6 Å². The molecule has 1 aliphatic rings. The molecule has 1 aliphatic heterocycles. The molecule has 0 spiro atoms. The third-order valence-electron chi connectivity index (χ3n) is 3.23. The SMILES string of the molecule is O=C(O)CSCc1cc(=O)n2c3c(cccc13)OCC2. The number of benzene rings is 1. The summed E-state index contributed by atoms with van der Waals surface area (Å²) in [6.07, 6.45) is 0. The predicted octanol–water partition coefficient (Wildman–Crippen LogP) is 1.71. The summed E-state index contributed by atoms with van der Waals surface area (Å²) in [5.74, 6) is 0.400. The summed E-state index contributed by atoms with van der Waals surface area (Å²) in [5, 5.41) is 9.65. The van der Waals surface area contributed by atoms with E-state index in [1.807, 2.05) is 18.2 Å². The molecule has 0 saturated heterocycles. The van der Waals surface area contributed by atoms with E-state index in [0.717, 1.165) is 22.2 Å². The number of hydrogen-bond donors (Lipinski definition) is 1. The van der Waals surface area contributed by atoms with Crippen LogP contribution in [-0.4, -0.2) is 28.0 Å². The number of aromatic nitrogens is 1. The predicted molar refractivity (Wildman–Crippen MR) is 77.5 cm³/mol. The fourth-order valence-electron chi connectivity index (χ4n) is 2.43. The van der Waals surface area contributed by atoms with Gasteiger partial charge in [-0.3, -0.25) is 9.59 Å². The molecule has 104 valence electrons. The summed E-state index contributed by atoms with van der Waals surface area (Å²) in [5.41, 5.74) is 1.62. The van der Waals surface area contributed by atoms with Crippen molar-refractivity contribution in [3.63, 3.8) is 0 Å². The van der Waals surface area contributed by atoms with E-state index in [9.17, 15) is 9.59 Å². The number of aliphatic carboxylic acids is 1. The Morgan fingerprint density at radius 2 is 2.30 bits per heavy atom. The molecule has 0 bridgehead atoms. The molecule has 6 heteroatoms. The van der Waals surface area contributed by atoms with Crippen molar-refractivity contribution in [2.45, 2.75) is 12.3 Å². The van der Waals surface area contributed by atoms with Crippen molar-refractivity contribution in [3.05, 3.63) is 40.2 Å². The van der Waals surface area contributed by atoms with Crippen LogP contribution in [0.4, 0.5) is 0 Å². The number of hydrogen-bond acceptors (Lipinski definition) is 4. The number of carboxylic acids is 1. The van der Waals surface area contributed by atoms with Crippen LogP contribution >= 0.6 is 11.8 Å². The molecule has 0 radical (unpaired) electrons. The lowest BCUT2D eigenvalue weighted by molar-refractivity contribution is -0.133. The van der Waals surface area contributed by atoms with Crippen molar-refractivity contribution in [1.29, 1.82) is 0 Å². The number of carbonyl (C=O) groups is 1. The van der Waals surface area contributed by atoms with E-state index in [-0.39, 0.29) is 11.3 Å². The van der Waals surface area contributed by atoms with Crippen molar-refractivity contribution in [2.75, 3.05) is 12.4 Å². The fraction of sp³-hybridized carbons (Fsp3) is 0.286. The molecule has 0 aliphatic carbocycles. The van der Waals surface area contributed by atoms with E-state index in [2.05, 4.69) is 0 Å². The van der Waals surface area contributed by atoms with Crippen LogP contribution in [0.1, 0.15) is 5.56 Å². The second kappa shape index (κ2) is 5.20. The quantitative estimate of drug-likeness (QED) is 0.928. The van der Waals surface area contributed by atoms with Crippen molar-refractivity contribution < 1.29 is 14.6 Å². The van der Waals surface area contributed by atoms with Crippen LogP contribution in [0.3, 0.4) is 0 Å². The minimum atomic E-state index is -0.849. The molecular formula is C14H13NO4S. The third-order valence-corrected chi connectivity index (χ3v) is 4.20. The van der Waals surface area contributed by atoms with E-state index < -0.39 is 5.97 Å². The molecule has 2 heterocycles. The first-order chi connectivity index (χ1) is 9.66. The number of ether oxygens (including phenoxy) is 1. The Kier molecular flexibility index (Phi) is 3.40. The summed E-state index contributed by atoms with van der Waals surface area (Å²) < 4.78 is 7.31. The van der Waals surface area contributed by atoms with Gasteiger partial charge < -0.3 is 14.4 Å². The molecule has 3 rings (SSSR count). The Morgan fingerprint density at radius 1 is 1.45 bits per heavy atom. The summed E-state index contributed by atoms with van der Waals surface area (Å²) >= 11 is 1.29. The van der Waals surface area contributed by atoms with Crippen molar-refractivity contribution in [2.24, 2.45) is 0 Å². The highest BCUT2D eigenvalue weighted by molar-refractivity contribution is 7.99. The van der Waals surface area contributed by atoms with E-state index in [4.69, 9.17) is 9.84 Å². The lowest BCUT2D eigenvalue weighted by Crippen LogP contribution is -2.27. The average Bonchev–Trinajstić information content (AvgIpc) is 2.43. The average molecular weight is 291 g/mol. The van der Waals surface area contributed by atoms with Gasteiger partial charge in [0.15, 0.2) is 0 Å². The van der Waals surface area contributed by atoms with E-state index >= 15 is 0 Å². The lowest BCUT2D eigenvalue weighted by atomic mass is 10.1. The molecule has 1 aromatic carbocycles. The standard InChI is InChI=1S/C14H13NO4S/c16-12-6-9(7-20-8-13(17)18)10-2-1-3-11-14(10)15(12)4-5-19-11/h1-3,6H,4-5,7-8H2,(H,17,18). The van der Waals surface area contributed by atoms with E-state index in [1.165, 1.54) is 11.8 Å². The molecule has 2 aromatic rings. The van der Waals surface area contributed by atoms with Crippen LogP contribution in [-0.2, 0) is 17.1 Å². The van der Waals surface area contributed by atoms with Gasteiger partial charge in [0, 0.05) is 17.2 Å². The number of thioether (sulfide) groups is 1. The van der Waals surface area contributed by atoms with Crippen LogP contribution in [0.25, 0.3) is 10.9 Å². The maximum atomic E-state index is 12.2. The molecule has 0 atom stereocenters. The van der Waals surface area contributed by atoms with Crippen LogP contribution in [0.5, 0.6) is 5.75 Å². The molecule has 20 heavy (non-hydrogen) atoms. The molecule has 0 unspecified atom stereocenters. The van der Waals surface area contributed by atoms with Gasteiger partial charge in [0.05, 0.1) is 17.8 Å². The van der Waals surface area contributed by atoms with Crippen molar-refractivity contribution >= 4 is 28.6 Å². The number of pyridine rings is 1. The summed E-state index contributed by atoms with van der Waals surface area (Å²) in [7, 11) is 0. The van der Waals surface area contributed by atoms with Crippen LogP contribution in [0.15, 0.2) is 29.1 Å². The molecule has 0 fully saturated rings. The zero-order valence-corrected chi connectivity index (χ0v) is 11.5. The largest absolute Gasteiger partial charge is 0.490 e. The first-order valence-corrected chi connectivity index (χ1v) is 7.40. The monoisotopic (exact) mass is 291 g/mol. The summed E-state index contributed by atoms with van der Waals surface area (Å²) in [4.78, 5) is 22.7. The summed E-state index contributed by atoms with van der Waals surface area (Å²) in [6, 6.07) is 7.29. The zero-order chi connectivity index (χ0) is 14.1. The summed E-state index contributed by atoms with van der Waals surface area (Å²) in [6.45, 7) is 1.05. The first kappa shape index (κ1) is 13.1. The zero-order valence-electron chi connectivity index (χ0n) is 10.7. The minimum Gasteiger partial charge on any atom is -0.490 e. The van der Waals surface area contributed by atoms with Crippen LogP contribution < -0.4 is 10.3 Å². The molecule has 0 amide bonds. The van der Waals surface area contributed by atoms with Gasteiger partial charge in [0.1, 0.15) is 12.4 Å². The van der Waals surface area contributed by atoms with Crippen LogP contribution in [0.2, 0.25) is 0 Å². The Hall–Kier alpha value is -1.95. The lowest BCUT2D eigenvalue weighted by Gasteiger charge is -2.21. The normalized spacial score (nSPS) is 13.2. The number of nitrogens with zero attached hydrogens (tertiary/aromatic N) is 1. The highest BCUT2D eigenvalue weighted by atomic mass is 32.2. The molecule has 1 aromatic heterocycles. The number of para-hydroxylation sites is 1. The van der Waals surface area contributed by atoms with Gasteiger partial charge in [-0.2, -0.15) is 0 Å². The second-order valence-corrected chi connectivity index (χ2v) is 5.53. The van der Waals surface area contributed by atoms with Gasteiger partial charge in [-0.25, -0.2) is 0 Å². The molecule has 0 saturated carbocycles. The highest BCUT2D eigenvalue weighted by Crippen LogP contribution is 2.30. The Bertz CT molecular complexity index is 738. The third kappa shape index (κ3) is 2.27. The first-order valence-electron chi connectivity index (χ1n) is 6.24. The van der Waals surface area contributed by atoms with Crippen molar-refractivity contribution in [1.82, 2.24) is 4.57 Å². The topological polar surface area (TPSA) is 68.5 Å². The van der Waals surface area contributed by atoms with Gasteiger partial charge in [0.2, 0.25) is 0 Å². The van der Waals surface area contributed by atoms with Gasteiger partial charge in [-0.1, -0.05) is 12.1 Å². The smallest absolute Gasteiger partial charge is 0.313 e.